The van der Waals surface area contributed by atoms with Crippen LogP contribution in [0.15, 0.2) is 6.33 Å². The third-order valence-corrected chi connectivity index (χ3v) is 3.99. The maximum Gasteiger partial charge on any atom is 0.391 e. The molecule has 0 amide bonds. The lowest BCUT2D eigenvalue weighted by atomic mass is 9.74. The van der Waals surface area contributed by atoms with Crippen molar-refractivity contribution in [2.45, 2.75) is 63.7 Å². The van der Waals surface area contributed by atoms with E-state index in [2.05, 4.69) is 10.1 Å². The molecule has 2 rings (SSSR count). The topological polar surface area (TPSA) is 56.7 Å². The molecule has 4 nitrogen and oxygen atoms in total. The minimum absolute atomic E-state index is 0.0263. The number of nitrogens with zero attached hydrogens (tertiary/aromatic N) is 3. The molecule has 1 aliphatic rings. The van der Waals surface area contributed by atoms with E-state index in [0.29, 0.717) is 25.1 Å². The van der Waals surface area contributed by atoms with Gasteiger partial charge in [0.15, 0.2) is 0 Å². The normalized spacial score (nSPS) is 28.1. The van der Waals surface area contributed by atoms with Crippen molar-refractivity contribution in [1.82, 2.24) is 14.8 Å². The molecule has 0 saturated heterocycles. The molecule has 1 aromatic heterocycles. The van der Waals surface area contributed by atoms with E-state index in [0.717, 1.165) is 0 Å². The SMILES string of the molecule is CC(C)n1ncnc1CC1(N)CCCC(C(F)(F)F)C1. The van der Waals surface area contributed by atoms with Gasteiger partial charge in [-0.05, 0) is 33.1 Å². The Morgan fingerprint density at radius 3 is 2.80 bits per heavy atom. The molecule has 2 unspecified atom stereocenters. The van der Waals surface area contributed by atoms with Crippen LogP contribution in [0.3, 0.4) is 0 Å². The third kappa shape index (κ3) is 3.31. The number of rotatable bonds is 3. The van der Waals surface area contributed by atoms with Crippen LogP contribution in [0.5, 0.6) is 0 Å². The first-order valence-electron chi connectivity index (χ1n) is 6.95. The van der Waals surface area contributed by atoms with E-state index in [4.69, 9.17) is 5.73 Å². The highest BCUT2D eigenvalue weighted by atomic mass is 19.4. The van der Waals surface area contributed by atoms with Gasteiger partial charge in [-0.15, -0.1) is 0 Å². The standard InChI is InChI=1S/C13H21F3N4/c1-9(2)20-11(18-8-19-20)7-12(17)5-3-4-10(6-12)13(14,15)16/h8-10H,3-7,17H2,1-2H3. The molecule has 114 valence electrons. The Morgan fingerprint density at radius 1 is 1.50 bits per heavy atom. The van der Waals surface area contributed by atoms with Crippen LogP contribution in [0.1, 0.15) is 51.4 Å². The number of aromatic nitrogens is 3. The van der Waals surface area contributed by atoms with Gasteiger partial charge in [0.05, 0.1) is 5.92 Å². The molecule has 1 fully saturated rings. The summed E-state index contributed by atoms with van der Waals surface area (Å²) in [6.07, 6.45) is -1.11. The van der Waals surface area contributed by atoms with Crippen LogP contribution in [0, 0.1) is 5.92 Å². The van der Waals surface area contributed by atoms with Crippen molar-refractivity contribution >= 4 is 0 Å². The van der Waals surface area contributed by atoms with Gasteiger partial charge < -0.3 is 5.73 Å². The maximum absolute atomic E-state index is 12.9. The monoisotopic (exact) mass is 290 g/mol. The van der Waals surface area contributed by atoms with Gasteiger partial charge in [-0.2, -0.15) is 18.3 Å². The maximum atomic E-state index is 12.9. The molecule has 1 heterocycles. The fraction of sp³-hybridized carbons (Fsp3) is 0.846. The van der Waals surface area contributed by atoms with E-state index in [1.165, 1.54) is 6.33 Å². The number of nitrogens with two attached hydrogens (primary N) is 1. The van der Waals surface area contributed by atoms with Crippen molar-refractivity contribution in [3.63, 3.8) is 0 Å². The first-order chi connectivity index (χ1) is 9.21. The summed E-state index contributed by atoms with van der Waals surface area (Å²) in [5.74, 6) is -0.623. The summed E-state index contributed by atoms with van der Waals surface area (Å²) in [6, 6.07) is 0.123. The number of hydrogen-bond donors (Lipinski definition) is 1. The molecule has 7 heteroatoms. The minimum Gasteiger partial charge on any atom is -0.325 e. The van der Waals surface area contributed by atoms with Crippen molar-refractivity contribution in [3.05, 3.63) is 12.2 Å². The van der Waals surface area contributed by atoms with Crippen LogP contribution in [0.2, 0.25) is 0 Å². The largest absolute Gasteiger partial charge is 0.391 e. The Morgan fingerprint density at radius 2 is 2.20 bits per heavy atom. The van der Waals surface area contributed by atoms with Gasteiger partial charge >= 0.3 is 6.18 Å². The molecule has 0 aromatic carbocycles. The number of hydrogen-bond acceptors (Lipinski definition) is 3. The fourth-order valence-corrected chi connectivity index (χ4v) is 2.98. The summed E-state index contributed by atoms with van der Waals surface area (Å²) in [5, 5.41) is 4.11. The van der Waals surface area contributed by atoms with Crippen LogP contribution in [0.4, 0.5) is 13.2 Å². The molecule has 1 saturated carbocycles. The van der Waals surface area contributed by atoms with E-state index in [1.807, 2.05) is 13.8 Å². The van der Waals surface area contributed by atoms with Crippen molar-refractivity contribution in [2.24, 2.45) is 11.7 Å². The van der Waals surface area contributed by atoms with E-state index in [-0.39, 0.29) is 18.9 Å². The Kier molecular flexibility index (Phi) is 4.09. The second-order valence-electron chi connectivity index (χ2n) is 6.09. The zero-order chi connectivity index (χ0) is 15.0. The molecule has 1 aliphatic carbocycles. The summed E-state index contributed by atoms with van der Waals surface area (Å²) < 4.78 is 40.4. The van der Waals surface area contributed by atoms with Gasteiger partial charge in [-0.3, -0.25) is 0 Å². The smallest absolute Gasteiger partial charge is 0.325 e. The summed E-state index contributed by atoms with van der Waals surface area (Å²) >= 11 is 0. The second kappa shape index (κ2) is 5.35. The third-order valence-electron chi connectivity index (χ3n) is 3.99. The Balaban J connectivity index is 2.13. The van der Waals surface area contributed by atoms with Crippen molar-refractivity contribution in [3.8, 4) is 0 Å². The van der Waals surface area contributed by atoms with Crippen LogP contribution < -0.4 is 5.73 Å². The Labute approximate surface area is 116 Å². The Hall–Kier alpha value is -1.11. The molecule has 20 heavy (non-hydrogen) atoms. The summed E-state index contributed by atoms with van der Waals surface area (Å²) in [7, 11) is 0. The summed E-state index contributed by atoms with van der Waals surface area (Å²) in [5.41, 5.74) is 5.39. The first kappa shape index (κ1) is 15.3. The van der Waals surface area contributed by atoms with Crippen LogP contribution in [0.25, 0.3) is 0 Å². The van der Waals surface area contributed by atoms with E-state index < -0.39 is 17.6 Å². The van der Waals surface area contributed by atoms with Crippen LogP contribution in [-0.4, -0.2) is 26.5 Å². The molecule has 2 N–H and O–H groups in total. The lowest BCUT2D eigenvalue weighted by molar-refractivity contribution is -0.187. The van der Waals surface area contributed by atoms with Crippen LogP contribution in [-0.2, 0) is 6.42 Å². The molecule has 0 radical (unpaired) electrons. The zero-order valence-electron chi connectivity index (χ0n) is 11.8. The second-order valence-corrected chi connectivity index (χ2v) is 6.09. The highest BCUT2D eigenvalue weighted by Gasteiger charge is 2.46. The predicted octanol–water partition coefficient (Wildman–Crippen LogP) is 2.85. The average molecular weight is 290 g/mol. The average Bonchev–Trinajstić information content (AvgIpc) is 2.75. The highest BCUT2D eigenvalue weighted by Crippen LogP contribution is 2.41. The lowest BCUT2D eigenvalue weighted by Gasteiger charge is -2.38. The van der Waals surface area contributed by atoms with Gasteiger partial charge in [-0.25, -0.2) is 9.67 Å². The quantitative estimate of drug-likeness (QED) is 0.931. The molecule has 2 atom stereocenters. The van der Waals surface area contributed by atoms with E-state index in [1.54, 1.807) is 4.68 Å². The van der Waals surface area contributed by atoms with Crippen molar-refractivity contribution < 1.29 is 13.2 Å². The van der Waals surface area contributed by atoms with E-state index >= 15 is 0 Å². The molecule has 0 aliphatic heterocycles. The van der Waals surface area contributed by atoms with Crippen LogP contribution >= 0.6 is 0 Å². The van der Waals surface area contributed by atoms with Crippen molar-refractivity contribution in [1.29, 1.82) is 0 Å². The van der Waals surface area contributed by atoms with Gasteiger partial charge in [-0.1, -0.05) is 6.42 Å². The Bertz CT molecular complexity index is 455. The first-order valence-corrected chi connectivity index (χ1v) is 6.95. The highest BCUT2D eigenvalue weighted by molar-refractivity contribution is 5.01. The molecular formula is C13H21F3N4. The van der Waals surface area contributed by atoms with Gasteiger partial charge in [0.25, 0.3) is 0 Å². The zero-order valence-corrected chi connectivity index (χ0v) is 11.8. The molecular weight excluding hydrogens is 269 g/mol. The molecule has 1 aromatic rings. The summed E-state index contributed by atoms with van der Waals surface area (Å²) in [4.78, 5) is 4.15. The fourth-order valence-electron chi connectivity index (χ4n) is 2.98. The van der Waals surface area contributed by atoms with Gasteiger partial charge in [0.2, 0.25) is 0 Å². The molecule has 0 bridgehead atoms. The predicted molar refractivity (Wildman–Crippen MR) is 69.0 cm³/mol. The van der Waals surface area contributed by atoms with Crippen molar-refractivity contribution in [2.75, 3.05) is 0 Å². The number of halogens is 3. The summed E-state index contributed by atoms with van der Waals surface area (Å²) in [6.45, 7) is 3.92. The van der Waals surface area contributed by atoms with Gasteiger partial charge in [0.1, 0.15) is 12.2 Å². The van der Waals surface area contributed by atoms with Gasteiger partial charge in [0, 0.05) is 18.0 Å². The minimum atomic E-state index is -4.16. The lowest BCUT2D eigenvalue weighted by Crippen LogP contribution is -2.49. The number of alkyl halides is 3. The van der Waals surface area contributed by atoms with E-state index in [9.17, 15) is 13.2 Å². The molecule has 0 spiro atoms.